The number of nitrogens with one attached hydrogen (secondary N) is 1. The molecule has 0 saturated carbocycles. The number of ether oxygens (including phenoxy) is 1. The van der Waals surface area contributed by atoms with Crippen molar-refractivity contribution in [3.8, 4) is 0 Å². The highest BCUT2D eigenvalue weighted by Gasteiger charge is 2.27. The second kappa shape index (κ2) is 6.89. The molecule has 0 unspecified atom stereocenters. The van der Waals surface area contributed by atoms with Crippen molar-refractivity contribution in [2.75, 3.05) is 31.3 Å². The summed E-state index contributed by atoms with van der Waals surface area (Å²) < 4.78 is 29.5. The van der Waals surface area contributed by atoms with Crippen molar-refractivity contribution in [1.82, 2.24) is 4.31 Å². The van der Waals surface area contributed by atoms with Crippen molar-refractivity contribution in [3.63, 3.8) is 0 Å². The Morgan fingerprint density at radius 2 is 2.00 bits per heavy atom. The number of carbonyl (C=O) groups excluding carboxylic acids is 2. The van der Waals surface area contributed by atoms with Gasteiger partial charge in [-0.3, -0.25) is 4.79 Å². The van der Waals surface area contributed by atoms with E-state index >= 15 is 0 Å². The van der Waals surface area contributed by atoms with Gasteiger partial charge in [0.15, 0.2) is 0 Å². The van der Waals surface area contributed by atoms with E-state index in [0.29, 0.717) is 18.7 Å². The SMILES string of the molecule is COC(=O)c1ccccc1NC(=O)CN1CCCCS1(=O)=O. The van der Waals surface area contributed by atoms with E-state index in [1.54, 1.807) is 18.2 Å². The van der Waals surface area contributed by atoms with Gasteiger partial charge < -0.3 is 10.1 Å². The highest BCUT2D eigenvalue weighted by molar-refractivity contribution is 7.89. The standard InChI is InChI=1S/C14H18N2O5S/c1-21-14(18)11-6-2-3-7-12(11)15-13(17)10-16-8-4-5-9-22(16,19)20/h2-3,6-7H,4-5,8-10H2,1H3,(H,15,17). The molecule has 0 aromatic heterocycles. The number of esters is 1. The van der Waals surface area contributed by atoms with Crippen LogP contribution >= 0.6 is 0 Å². The number of methoxy groups -OCH3 is 1. The lowest BCUT2D eigenvalue weighted by Gasteiger charge is -2.25. The van der Waals surface area contributed by atoms with Crippen LogP contribution in [0.15, 0.2) is 24.3 Å². The van der Waals surface area contributed by atoms with E-state index in [0.717, 1.165) is 6.42 Å². The highest BCUT2D eigenvalue weighted by Crippen LogP contribution is 2.17. The number of benzene rings is 1. The number of para-hydroxylation sites is 1. The Hall–Kier alpha value is -1.93. The first-order valence-corrected chi connectivity index (χ1v) is 8.50. The molecular formula is C14H18N2O5S. The molecule has 1 aliphatic heterocycles. The van der Waals surface area contributed by atoms with Gasteiger partial charge in [0.05, 0.1) is 30.7 Å². The largest absolute Gasteiger partial charge is 0.465 e. The fourth-order valence-electron chi connectivity index (χ4n) is 2.25. The zero-order valence-corrected chi connectivity index (χ0v) is 13.1. The molecule has 7 nitrogen and oxygen atoms in total. The van der Waals surface area contributed by atoms with Crippen LogP contribution in [0.3, 0.4) is 0 Å². The lowest BCUT2D eigenvalue weighted by molar-refractivity contribution is -0.116. The minimum atomic E-state index is -3.36. The van der Waals surface area contributed by atoms with Gasteiger partial charge in [-0.15, -0.1) is 0 Å². The zero-order valence-electron chi connectivity index (χ0n) is 12.2. The van der Waals surface area contributed by atoms with E-state index in [9.17, 15) is 18.0 Å². The molecule has 1 amide bonds. The normalized spacial score (nSPS) is 17.7. The van der Waals surface area contributed by atoms with Crippen LogP contribution in [-0.2, 0) is 19.6 Å². The molecule has 22 heavy (non-hydrogen) atoms. The predicted octanol–water partition coefficient (Wildman–Crippen LogP) is 0.837. The smallest absolute Gasteiger partial charge is 0.339 e. The number of amides is 1. The molecule has 0 bridgehead atoms. The molecule has 1 fully saturated rings. The van der Waals surface area contributed by atoms with E-state index in [-0.39, 0.29) is 17.9 Å². The summed E-state index contributed by atoms with van der Waals surface area (Å²) >= 11 is 0. The molecule has 1 aliphatic rings. The third-order valence-electron chi connectivity index (χ3n) is 3.38. The molecule has 0 radical (unpaired) electrons. The minimum absolute atomic E-state index is 0.0685. The van der Waals surface area contributed by atoms with Crippen molar-refractivity contribution in [1.29, 1.82) is 0 Å². The van der Waals surface area contributed by atoms with Gasteiger partial charge in [0.1, 0.15) is 0 Å². The lowest BCUT2D eigenvalue weighted by Crippen LogP contribution is -2.42. The second-order valence-electron chi connectivity index (χ2n) is 4.94. The maximum absolute atomic E-state index is 12.1. The van der Waals surface area contributed by atoms with E-state index in [1.807, 2.05) is 0 Å². The molecule has 0 spiro atoms. The number of hydrogen-bond acceptors (Lipinski definition) is 5. The predicted molar refractivity (Wildman–Crippen MR) is 81.0 cm³/mol. The summed E-state index contributed by atoms with van der Waals surface area (Å²) in [7, 11) is -2.11. The second-order valence-corrected chi connectivity index (χ2v) is 7.03. The van der Waals surface area contributed by atoms with E-state index in [4.69, 9.17) is 0 Å². The molecule has 2 rings (SSSR count). The number of rotatable bonds is 4. The Kier molecular flexibility index (Phi) is 5.15. The third kappa shape index (κ3) is 3.83. The van der Waals surface area contributed by atoms with E-state index < -0.39 is 21.9 Å². The maximum atomic E-state index is 12.1. The van der Waals surface area contributed by atoms with Crippen molar-refractivity contribution in [3.05, 3.63) is 29.8 Å². The van der Waals surface area contributed by atoms with Gasteiger partial charge in [0.2, 0.25) is 15.9 Å². The topological polar surface area (TPSA) is 92.8 Å². The van der Waals surface area contributed by atoms with Gasteiger partial charge in [-0.05, 0) is 25.0 Å². The summed E-state index contributed by atoms with van der Waals surface area (Å²) in [4.78, 5) is 23.7. The number of hydrogen-bond donors (Lipinski definition) is 1. The number of carbonyl (C=O) groups is 2. The van der Waals surface area contributed by atoms with Crippen LogP contribution in [0.4, 0.5) is 5.69 Å². The fraction of sp³-hybridized carbons (Fsp3) is 0.429. The fourth-order valence-corrected chi connectivity index (χ4v) is 3.80. The molecular weight excluding hydrogens is 308 g/mol. The van der Waals surface area contributed by atoms with Crippen molar-refractivity contribution < 1.29 is 22.7 Å². The monoisotopic (exact) mass is 326 g/mol. The summed E-state index contributed by atoms with van der Waals surface area (Å²) in [5, 5.41) is 2.56. The highest BCUT2D eigenvalue weighted by atomic mass is 32.2. The average molecular weight is 326 g/mol. The summed E-state index contributed by atoms with van der Waals surface area (Å²) in [6.45, 7) is 0.0895. The molecule has 1 aromatic carbocycles. The third-order valence-corrected chi connectivity index (χ3v) is 5.28. The zero-order chi connectivity index (χ0) is 16.2. The van der Waals surface area contributed by atoms with Crippen LogP contribution in [0.2, 0.25) is 0 Å². The molecule has 8 heteroatoms. The first-order valence-electron chi connectivity index (χ1n) is 6.89. The lowest BCUT2D eigenvalue weighted by atomic mass is 10.2. The van der Waals surface area contributed by atoms with Crippen molar-refractivity contribution >= 4 is 27.6 Å². The Balaban J connectivity index is 2.08. The Morgan fingerprint density at radius 3 is 2.68 bits per heavy atom. The van der Waals surface area contributed by atoms with Crippen LogP contribution in [0.1, 0.15) is 23.2 Å². The molecule has 1 N–H and O–H groups in total. The quantitative estimate of drug-likeness (QED) is 0.828. The molecule has 1 heterocycles. The molecule has 1 aromatic rings. The van der Waals surface area contributed by atoms with E-state index in [2.05, 4.69) is 10.1 Å². The van der Waals surface area contributed by atoms with Crippen LogP contribution < -0.4 is 5.32 Å². The van der Waals surface area contributed by atoms with Crippen molar-refractivity contribution in [2.45, 2.75) is 12.8 Å². The molecule has 0 aliphatic carbocycles. The maximum Gasteiger partial charge on any atom is 0.339 e. The van der Waals surface area contributed by atoms with Crippen LogP contribution in [0.5, 0.6) is 0 Å². The van der Waals surface area contributed by atoms with Crippen LogP contribution in [-0.4, -0.2) is 50.6 Å². The Bertz CT molecular complexity index is 672. The first-order chi connectivity index (χ1) is 10.4. The molecule has 120 valence electrons. The Labute approximate surface area is 129 Å². The van der Waals surface area contributed by atoms with Gasteiger partial charge in [0, 0.05) is 6.54 Å². The number of nitrogens with zero attached hydrogens (tertiary/aromatic N) is 1. The van der Waals surface area contributed by atoms with Gasteiger partial charge >= 0.3 is 5.97 Å². The summed E-state index contributed by atoms with van der Waals surface area (Å²) in [6, 6.07) is 6.41. The minimum Gasteiger partial charge on any atom is -0.465 e. The van der Waals surface area contributed by atoms with Gasteiger partial charge in [0.25, 0.3) is 0 Å². The van der Waals surface area contributed by atoms with Gasteiger partial charge in [-0.2, -0.15) is 4.31 Å². The van der Waals surface area contributed by atoms with Gasteiger partial charge in [-0.25, -0.2) is 13.2 Å². The average Bonchev–Trinajstić information content (AvgIpc) is 2.49. The van der Waals surface area contributed by atoms with Crippen LogP contribution in [0.25, 0.3) is 0 Å². The van der Waals surface area contributed by atoms with Gasteiger partial charge in [-0.1, -0.05) is 12.1 Å². The summed E-state index contributed by atoms with van der Waals surface area (Å²) in [5.74, 6) is -0.984. The number of sulfonamides is 1. The van der Waals surface area contributed by atoms with Crippen molar-refractivity contribution in [2.24, 2.45) is 0 Å². The summed E-state index contributed by atoms with van der Waals surface area (Å²) in [5.41, 5.74) is 0.522. The number of anilines is 1. The van der Waals surface area contributed by atoms with Crippen LogP contribution in [0, 0.1) is 0 Å². The summed E-state index contributed by atoms with van der Waals surface area (Å²) in [6.07, 6.45) is 1.36. The molecule has 0 atom stereocenters. The Morgan fingerprint density at radius 1 is 1.27 bits per heavy atom. The molecule has 1 saturated heterocycles. The first kappa shape index (κ1) is 16.4. The van der Waals surface area contributed by atoms with E-state index in [1.165, 1.54) is 17.5 Å².